The van der Waals surface area contributed by atoms with Crippen LogP contribution in [0.25, 0.3) is 22.3 Å². The van der Waals surface area contributed by atoms with E-state index in [1.807, 2.05) is 4.90 Å². The van der Waals surface area contributed by atoms with Crippen molar-refractivity contribution in [2.24, 2.45) is 0 Å². The van der Waals surface area contributed by atoms with Crippen LogP contribution in [0.5, 0.6) is 5.88 Å². The molecule has 0 aliphatic carbocycles. The predicted molar refractivity (Wildman–Crippen MR) is 160 cm³/mol. The van der Waals surface area contributed by atoms with E-state index in [4.69, 9.17) is 11.1 Å². The number of nitrogens with one attached hydrogen (secondary N) is 1. The first-order chi connectivity index (χ1) is 21.9. The van der Waals surface area contributed by atoms with Gasteiger partial charge in [0.25, 0.3) is 10.0 Å². The van der Waals surface area contributed by atoms with Crippen molar-refractivity contribution < 1.29 is 32.9 Å². The van der Waals surface area contributed by atoms with Crippen LogP contribution in [0.1, 0.15) is 21.1 Å². The highest BCUT2D eigenvalue weighted by Crippen LogP contribution is 2.35. The van der Waals surface area contributed by atoms with Gasteiger partial charge >= 0.3 is 0 Å². The Morgan fingerprint density at radius 3 is 2.51 bits per heavy atom. The lowest BCUT2D eigenvalue weighted by Gasteiger charge is -2.41. The minimum absolute atomic E-state index is 0.0976. The third-order valence-corrected chi connectivity index (χ3v) is 9.08. The van der Waals surface area contributed by atoms with E-state index in [0.717, 1.165) is 25.0 Å². The minimum atomic E-state index is -4.50. The van der Waals surface area contributed by atoms with Gasteiger partial charge in [-0.05, 0) is 56.2 Å². The van der Waals surface area contributed by atoms with Gasteiger partial charge < -0.3 is 14.5 Å². The molecule has 0 unspecified atom stereocenters. The summed E-state index contributed by atoms with van der Waals surface area (Å²) in [6, 6.07) is 6.56. The lowest BCUT2D eigenvalue weighted by Crippen LogP contribution is -2.55. The molecule has 2 aliphatic rings. The number of hydrogen-bond donors (Lipinski definition) is 1. The number of fused-ring (bicyclic) bond motifs is 3. The Hall–Kier alpha value is -5.05. The van der Waals surface area contributed by atoms with Crippen LogP contribution < -0.4 is 14.4 Å². The summed E-state index contributed by atoms with van der Waals surface area (Å²) in [4.78, 5) is 44.8. The SMILES string of the molecule is [2H]c1nc(N2C[C@H]3CC[C@@H](C2)N3C(=O)/C=C/C(C)=O)c2nc(-c3cnc(OC)c(NS(=O)(=O)c4ccc(F)cc4F)c3)ccc2n1. The van der Waals surface area contributed by atoms with Crippen molar-refractivity contribution in [3.63, 3.8) is 0 Å². The van der Waals surface area contributed by atoms with E-state index >= 15 is 0 Å². The van der Waals surface area contributed by atoms with Gasteiger partial charge in [0, 0.05) is 49.1 Å². The topological polar surface area (TPSA) is 148 Å². The second-order valence-electron chi connectivity index (χ2n) is 10.7. The van der Waals surface area contributed by atoms with Crippen molar-refractivity contribution in [2.45, 2.75) is 36.7 Å². The third kappa shape index (κ3) is 5.90. The lowest BCUT2D eigenvalue weighted by atomic mass is 10.1. The first-order valence-corrected chi connectivity index (χ1v) is 15.4. The number of hydrogen-bond acceptors (Lipinski definition) is 10. The van der Waals surface area contributed by atoms with E-state index in [1.165, 1.54) is 38.4 Å². The Morgan fingerprint density at radius 1 is 1.07 bits per heavy atom. The van der Waals surface area contributed by atoms with Crippen molar-refractivity contribution in [1.29, 1.82) is 0 Å². The number of sulfonamides is 1. The number of carbonyl (C=O) groups excluding carboxylic acids is 2. The summed E-state index contributed by atoms with van der Waals surface area (Å²) in [5.74, 6) is -2.31. The number of piperazine rings is 1. The van der Waals surface area contributed by atoms with Crippen LogP contribution in [0.2, 0.25) is 0 Å². The molecule has 6 rings (SSSR count). The summed E-state index contributed by atoms with van der Waals surface area (Å²) in [5.41, 5.74) is 1.41. The van der Waals surface area contributed by atoms with Gasteiger partial charge in [-0.3, -0.25) is 14.3 Å². The van der Waals surface area contributed by atoms with Crippen LogP contribution in [-0.2, 0) is 19.6 Å². The molecule has 0 spiro atoms. The summed E-state index contributed by atoms with van der Waals surface area (Å²) in [6.07, 6.45) is 5.31. The average Bonchev–Trinajstić information content (AvgIpc) is 3.27. The number of amides is 1. The quantitative estimate of drug-likeness (QED) is 0.285. The molecular weight excluding hydrogens is 608 g/mol. The second-order valence-corrected chi connectivity index (χ2v) is 12.3. The van der Waals surface area contributed by atoms with Crippen molar-refractivity contribution in [3.05, 3.63) is 72.7 Å². The number of nitrogens with zero attached hydrogens (tertiary/aromatic N) is 6. The molecular formula is C30H27F2N7O5S. The van der Waals surface area contributed by atoms with E-state index in [0.29, 0.717) is 47.3 Å². The number of rotatable bonds is 8. The van der Waals surface area contributed by atoms with Crippen molar-refractivity contribution in [1.82, 2.24) is 24.8 Å². The highest BCUT2D eigenvalue weighted by molar-refractivity contribution is 7.92. The molecule has 45 heavy (non-hydrogen) atoms. The number of methoxy groups -OCH3 is 1. The number of allylic oxidation sites excluding steroid dienone is 1. The summed E-state index contributed by atoms with van der Waals surface area (Å²) in [5, 5.41) is 0. The largest absolute Gasteiger partial charge is 0.480 e. The van der Waals surface area contributed by atoms with Crippen LogP contribution in [-0.4, -0.2) is 77.2 Å². The monoisotopic (exact) mass is 636 g/mol. The Kier molecular flexibility index (Phi) is 7.53. The first-order valence-electron chi connectivity index (χ1n) is 14.4. The van der Waals surface area contributed by atoms with Crippen LogP contribution in [0, 0.1) is 11.6 Å². The fourth-order valence-corrected chi connectivity index (χ4v) is 6.81. The number of carbonyl (C=O) groups is 2. The smallest absolute Gasteiger partial charge is 0.264 e. The van der Waals surface area contributed by atoms with Crippen molar-refractivity contribution in [2.75, 3.05) is 29.8 Å². The maximum absolute atomic E-state index is 14.3. The lowest BCUT2D eigenvalue weighted by molar-refractivity contribution is -0.129. The zero-order chi connectivity index (χ0) is 32.7. The van der Waals surface area contributed by atoms with E-state index in [2.05, 4.69) is 19.7 Å². The molecule has 1 N–H and O–H groups in total. The molecule has 1 amide bonds. The number of anilines is 2. The zero-order valence-corrected chi connectivity index (χ0v) is 24.9. The van der Waals surface area contributed by atoms with Crippen molar-refractivity contribution in [3.8, 4) is 17.1 Å². The van der Waals surface area contributed by atoms with E-state index in [9.17, 15) is 26.8 Å². The summed E-state index contributed by atoms with van der Waals surface area (Å²) >= 11 is 0. The van der Waals surface area contributed by atoms with Gasteiger partial charge in [-0.1, -0.05) is 0 Å². The van der Waals surface area contributed by atoms with Crippen LogP contribution in [0.3, 0.4) is 0 Å². The minimum Gasteiger partial charge on any atom is -0.480 e. The number of halogens is 2. The molecule has 2 bridgehead atoms. The van der Waals surface area contributed by atoms with Gasteiger partial charge in [-0.25, -0.2) is 37.1 Å². The number of pyridine rings is 2. The van der Waals surface area contributed by atoms with Gasteiger partial charge in [0.2, 0.25) is 11.8 Å². The molecule has 2 aliphatic heterocycles. The zero-order valence-electron chi connectivity index (χ0n) is 25.1. The van der Waals surface area contributed by atoms with Gasteiger partial charge in [0.15, 0.2) is 11.6 Å². The van der Waals surface area contributed by atoms with Gasteiger partial charge in [0.1, 0.15) is 35.4 Å². The van der Waals surface area contributed by atoms with E-state index in [1.54, 1.807) is 17.0 Å². The fourth-order valence-electron chi connectivity index (χ4n) is 5.70. The number of ketones is 1. The maximum Gasteiger partial charge on any atom is 0.264 e. The molecule has 12 nitrogen and oxygen atoms in total. The summed E-state index contributed by atoms with van der Waals surface area (Å²) < 4.78 is 69.4. The molecule has 0 saturated carbocycles. The molecule has 2 fully saturated rings. The Bertz CT molecular complexity index is 2020. The molecule has 1 aromatic carbocycles. The Labute approximate surface area is 258 Å². The number of aromatic nitrogens is 4. The molecule has 3 aromatic heterocycles. The van der Waals surface area contributed by atoms with E-state index in [-0.39, 0.29) is 41.6 Å². The van der Waals surface area contributed by atoms with Crippen LogP contribution in [0.15, 0.2) is 65.9 Å². The first kappa shape index (κ1) is 28.7. The summed E-state index contributed by atoms with van der Waals surface area (Å²) in [7, 11) is -3.22. The standard InChI is InChI=1S/C30H27F2N7O5S/c1-17(40)3-10-27(41)39-20-5-6-21(39)15-38(14-20)29-28-24(34-16-35-29)8-7-23(36-28)18-11-25(30(44-2)33-13-18)37-45(42,43)26-9-4-19(31)12-22(26)32/h3-4,7-13,16,20-21,37H,5-6,14-15H2,1-2H3/b10-3+/t20-,21+/i16D. The van der Waals surface area contributed by atoms with Gasteiger partial charge in [-0.15, -0.1) is 0 Å². The van der Waals surface area contributed by atoms with Gasteiger partial charge in [0.05, 0.1) is 18.3 Å². The second kappa shape index (κ2) is 11.8. The van der Waals surface area contributed by atoms with Crippen LogP contribution >= 0.6 is 0 Å². The predicted octanol–water partition coefficient (Wildman–Crippen LogP) is 3.50. The Morgan fingerprint density at radius 2 is 1.82 bits per heavy atom. The van der Waals surface area contributed by atoms with Crippen LogP contribution in [0.4, 0.5) is 20.3 Å². The van der Waals surface area contributed by atoms with Crippen molar-refractivity contribution >= 4 is 44.3 Å². The normalized spacial score (nSPS) is 18.4. The Balaban J connectivity index is 1.34. The molecule has 15 heteroatoms. The molecule has 5 heterocycles. The highest BCUT2D eigenvalue weighted by atomic mass is 32.2. The molecule has 2 atom stereocenters. The number of benzene rings is 1. The maximum atomic E-state index is 14.3. The van der Waals surface area contributed by atoms with Gasteiger partial charge in [-0.2, -0.15) is 0 Å². The highest BCUT2D eigenvalue weighted by Gasteiger charge is 2.42. The fraction of sp³-hybridized carbons (Fsp3) is 0.267. The number of ether oxygens (including phenoxy) is 1. The van der Waals surface area contributed by atoms with E-state index < -0.39 is 26.6 Å². The molecule has 2 saturated heterocycles. The average molecular weight is 637 g/mol. The molecule has 0 radical (unpaired) electrons. The third-order valence-electron chi connectivity index (χ3n) is 7.68. The summed E-state index contributed by atoms with van der Waals surface area (Å²) in [6.45, 7) is 2.25. The molecule has 232 valence electrons. The molecule has 4 aromatic rings.